The van der Waals surface area contributed by atoms with Gasteiger partial charge in [0.1, 0.15) is 0 Å². The van der Waals surface area contributed by atoms with E-state index >= 15 is 0 Å². The third-order valence-corrected chi connectivity index (χ3v) is 7.44. The summed E-state index contributed by atoms with van der Waals surface area (Å²) < 4.78 is 2.02. The number of fused-ring (bicyclic) bond motifs is 1. The number of rotatable bonds is 4. The van der Waals surface area contributed by atoms with E-state index < -0.39 is 0 Å². The summed E-state index contributed by atoms with van der Waals surface area (Å²) in [5, 5.41) is 10.4. The molecule has 1 N–H and O–H groups in total. The van der Waals surface area contributed by atoms with Gasteiger partial charge in [0, 0.05) is 28.5 Å². The second-order valence-electron chi connectivity index (χ2n) is 8.97. The van der Waals surface area contributed by atoms with Gasteiger partial charge in [-0.25, -0.2) is 0 Å². The van der Waals surface area contributed by atoms with Gasteiger partial charge in [-0.05, 0) is 67.6 Å². The van der Waals surface area contributed by atoms with Gasteiger partial charge >= 0.3 is 0 Å². The Hall–Kier alpha value is -2.34. The van der Waals surface area contributed by atoms with Crippen molar-refractivity contribution < 1.29 is 4.79 Å². The maximum Gasteiger partial charge on any atom is 0.239 e. The Bertz CT molecular complexity index is 1210. The van der Waals surface area contributed by atoms with Crippen molar-refractivity contribution in [2.45, 2.75) is 44.7 Å². The summed E-state index contributed by atoms with van der Waals surface area (Å²) in [4.78, 5) is 14.8. The molecule has 1 aromatic heterocycles. The Morgan fingerprint density at radius 1 is 1.18 bits per heavy atom. The van der Waals surface area contributed by atoms with Gasteiger partial charge in [-0.3, -0.25) is 9.48 Å². The molecule has 2 aliphatic rings. The Kier molecular flexibility index (Phi) is 6.46. The van der Waals surface area contributed by atoms with Crippen molar-refractivity contribution in [2.24, 2.45) is 0 Å². The second kappa shape index (κ2) is 9.49. The molecule has 0 bridgehead atoms. The lowest BCUT2D eigenvalue weighted by Crippen LogP contribution is -2.49. The fourth-order valence-corrected chi connectivity index (χ4v) is 5.50. The number of carbonyl (C=O) groups excluding carboxylic acids is 1. The molecule has 0 spiro atoms. The van der Waals surface area contributed by atoms with E-state index in [0.717, 1.165) is 55.2 Å². The number of hydrogen-bond acceptors (Lipinski definition) is 3. The van der Waals surface area contributed by atoms with E-state index in [1.54, 1.807) is 6.07 Å². The molecule has 1 amide bonds. The summed E-state index contributed by atoms with van der Waals surface area (Å²) in [6.45, 7) is 4.47. The number of amides is 1. The monoisotopic (exact) mass is 482 g/mol. The van der Waals surface area contributed by atoms with Crippen molar-refractivity contribution in [2.75, 3.05) is 19.6 Å². The first-order chi connectivity index (χ1) is 16.0. The van der Waals surface area contributed by atoms with Crippen LogP contribution in [0.3, 0.4) is 0 Å². The number of nitrogens with zero attached hydrogens (tertiary/aromatic N) is 3. The number of halogens is 2. The fourth-order valence-electron chi connectivity index (χ4n) is 4.93. The van der Waals surface area contributed by atoms with E-state index in [0.29, 0.717) is 16.6 Å². The SMILES string of the molecule is CC(c1ccc(Cl)cc1Cl)n1ncc2ccc(C3=CCN(C(=O)[C@H]4CCCCN4)CC3)cc21. The number of piperidine rings is 1. The molecule has 0 saturated carbocycles. The quantitative estimate of drug-likeness (QED) is 0.517. The molecule has 1 fully saturated rings. The summed E-state index contributed by atoms with van der Waals surface area (Å²) in [5.41, 5.74) is 4.51. The van der Waals surface area contributed by atoms with Gasteiger partial charge in [0.05, 0.1) is 23.8 Å². The molecule has 0 radical (unpaired) electrons. The van der Waals surface area contributed by atoms with Crippen LogP contribution in [0.4, 0.5) is 0 Å². The topological polar surface area (TPSA) is 50.2 Å². The highest BCUT2D eigenvalue weighted by Crippen LogP contribution is 2.32. The average molecular weight is 483 g/mol. The van der Waals surface area contributed by atoms with Crippen LogP contribution in [0.25, 0.3) is 16.5 Å². The minimum absolute atomic E-state index is 0.0134. The Labute approximate surface area is 204 Å². The van der Waals surface area contributed by atoms with E-state index in [2.05, 4.69) is 41.6 Å². The van der Waals surface area contributed by atoms with Crippen LogP contribution in [0, 0.1) is 0 Å². The number of aromatic nitrogens is 2. The average Bonchev–Trinajstić information content (AvgIpc) is 3.27. The van der Waals surface area contributed by atoms with Crippen molar-refractivity contribution >= 4 is 45.6 Å². The summed E-state index contributed by atoms with van der Waals surface area (Å²) >= 11 is 12.6. The zero-order valence-electron chi connectivity index (χ0n) is 18.7. The van der Waals surface area contributed by atoms with Crippen molar-refractivity contribution in [3.05, 3.63) is 69.8 Å². The van der Waals surface area contributed by atoms with Crippen molar-refractivity contribution in [3.8, 4) is 0 Å². The Balaban J connectivity index is 1.37. The zero-order valence-corrected chi connectivity index (χ0v) is 20.2. The largest absolute Gasteiger partial charge is 0.337 e. The lowest BCUT2D eigenvalue weighted by molar-refractivity contribution is -0.133. The molecule has 3 heterocycles. The molecular weight excluding hydrogens is 455 g/mol. The molecular formula is C26H28Cl2N4O. The second-order valence-corrected chi connectivity index (χ2v) is 9.81. The fraction of sp³-hybridized carbons (Fsp3) is 0.385. The first-order valence-electron chi connectivity index (χ1n) is 11.6. The molecule has 2 atom stereocenters. The molecule has 2 aliphatic heterocycles. The van der Waals surface area contributed by atoms with E-state index in [4.69, 9.17) is 23.2 Å². The molecule has 0 aliphatic carbocycles. The van der Waals surface area contributed by atoms with Gasteiger partial charge in [-0.2, -0.15) is 5.10 Å². The van der Waals surface area contributed by atoms with E-state index in [1.807, 2.05) is 27.9 Å². The molecule has 172 valence electrons. The van der Waals surface area contributed by atoms with Gasteiger partial charge in [-0.15, -0.1) is 0 Å². The highest BCUT2D eigenvalue weighted by molar-refractivity contribution is 6.35. The summed E-state index contributed by atoms with van der Waals surface area (Å²) in [5.74, 6) is 0.243. The lowest BCUT2D eigenvalue weighted by atomic mass is 9.97. The Morgan fingerprint density at radius 3 is 2.79 bits per heavy atom. The molecule has 3 aromatic rings. The van der Waals surface area contributed by atoms with Crippen molar-refractivity contribution in [1.82, 2.24) is 20.0 Å². The minimum Gasteiger partial charge on any atom is -0.337 e. The number of nitrogens with one attached hydrogen (secondary N) is 1. The van der Waals surface area contributed by atoms with Crippen LogP contribution >= 0.6 is 23.2 Å². The smallest absolute Gasteiger partial charge is 0.239 e. The number of benzene rings is 2. The third-order valence-electron chi connectivity index (χ3n) is 6.88. The lowest BCUT2D eigenvalue weighted by Gasteiger charge is -2.32. The van der Waals surface area contributed by atoms with Crippen molar-refractivity contribution in [3.63, 3.8) is 0 Å². The third kappa shape index (κ3) is 4.54. The highest BCUT2D eigenvalue weighted by Gasteiger charge is 2.27. The molecule has 1 saturated heterocycles. The van der Waals surface area contributed by atoms with Crippen LogP contribution in [-0.2, 0) is 4.79 Å². The molecule has 5 rings (SSSR count). The van der Waals surface area contributed by atoms with Crippen LogP contribution in [0.15, 0.2) is 48.7 Å². The molecule has 2 aromatic carbocycles. The molecule has 5 nitrogen and oxygen atoms in total. The van der Waals surface area contributed by atoms with Crippen LogP contribution in [0.1, 0.15) is 49.8 Å². The van der Waals surface area contributed by atoms with Crippen molar-refractivity contribution in [1.29, 1.82) is 0 Å². The van der Waals surface area contributed by atoms with E-state index in [9.17, 15) is 4.79 Å². The molecule has 1 unspecified atom stereocenters. The van der Waals surface area contributed by atoms with Crippen LogP contribution in [0.5, 0.6) is 0 Å². The highest BCUT2D eigenvalue weighted by atomic mass is 35.5. The normalized spacial score (nSPS) is 20.0. The van der Waals surface area contributed by atoms with Gasteiger partial charge in [-0.1, -0.05) is 53.9 Å². The van der Waals surface area contributed by atoms with Crippen LogP contribution < -0.4 is 5.32 Å². The van der Waals surface area contributed by atoms with Crippen LogP contribution in [-0.4, -0.2) is 46.3 Å². The van der Waals surface area contributed by atoms with Gasteiger partial charge in [0.2, 0.25) is 5.91 Å². The first kappa shape index (κ1) is 22.5. The predicted molar refractivity (Wildman–Crippen MR) is 135 cm³/mol. The maximum atomic E-state index is 12.8. The predicted octanol–water partition coefficient (Wildman–Crippen LogP) is 5.71. The zero-order chi connectivity index (χ0) is 22.9. The maximum absolute atomic E-state index is 12.8. The number of carbonyl (C=O) groups is 1. The van der Waals surface area contributed by atoms with E-state index in [1.165, 1.54) is 11.1 Å². The number of hydrogen-bond donors (Lipinski definition) is 1. The molecule has 7 heteroatoms. The van der Waals surface area contributed by atoms with Gasteiger partial charge in [0.25, 0.3) is 0 Å². The summed E-state index contributed by atoms with van der Waals surface area (Å²) in [7, 11) is 0. The summed E-state index contributed by atoms with van der Waals surface area (Å²) in [6.07, 6.45) is 8.19. The Morgan fingerprint density at radius 2 is 2.06 bits per heavy atom. The van der Waals surface area contributed by atoms with Gasteiger partial charge in [0.15, 0.2) is 0 Å². The van der Waals surface area contributed by atoms with E-state index in [-0.39, 0.29) is 18.0 Å². The van der Waals surface area contributed by atoms with Gasteiger partial charge < -0.3 is 10.2 Å². The molecule has 33 heavy (non-hydrogen) atoms. The van der Waals surface area contributed by atoms with Crippen LogP contribution in [0.2, 0.25) is 10.0 Å². The minimum atomic E-state index is -0.0287. The summed E-state index contributed by atoms with van der Waals surface area (Å²) in [6, 6.07) is 12.0. The first-order valence-corrected chi connectivity index (χ1v) is 12.4. The standard InChI is InChI=1S/C26H28Cl2N4O/c1-17(22-8-7-21(27)15-23(22)28)32-25-14-19(5-6-20(25)16-30-32)18-9-12-31(13-10-18)26(33)24-4-2-3-11-29-24/h5-9,14-17,24,29H,2-4,10-13H2,1H3/t17?,24-/m1/s1.